The quantitative estimate of drug-likeness (QED) is 0.595. The van der Waals surface area contributed by atoms with Crippen LogP contribution in [0, 0.1) is 11.7 Å². The number of piperidine rings is 1. The number of aryl methyl sites for hydroxylation is 1. The van der Waals surface area contributed by atoms with Crippen LogP contribution < -0.4 is 15.4 Å². The molecule has 7 nitrogen and oxygen atoms in total. The molecular formula is C26H30FN5O2. The lowest BCUT2D eigenvalue weighted by molar-refractivity contribution is -0.136. The number of hydrogen-bond acceptors (Lipinski definition) is 5. The van der Waals surface area contributed by atoms with E-state index in [1.54, 1.807) is 16.7 Å². The third-order valence-electron chi connectivity index (χ3n) is 7.01. The summed E-state index contributed by atoms with van der Waals surface area (Å²) in [5.74, 6) is 0.152. The van der Waals surface area contributed by atoms with E-state index in [1.807, 2.05) is 52.0 Å². The molecule has 2 aromatic carbocycles. The van der Waals surface area contributed by atoms with Gasteiger partial charge < -0.3 is 19.3 Å². The van der Waals surface area contributed by atoms with Crippen LogP contribution in [0.15, 0.2) is 53.3 Å². The van der Waals surface area contributed by atoms with Crippen LogP contribution in [0.3, 0.4) is 0 Å². The minimum absolute atomic E-state index is 0.104. The molecular weight excluding hydrogens is 433 g/mol. The Morgan fingerprint density at radius 1 is 1.00 bits per heavy atom. The van der Waals surface area contributed by atoms with Crippen molar-refractivity contribution in [1.82, 2.24) is 14.5 Å². The third-order valence-corrected chi connectivity index (χ3v) is 7.01. The van der Waals surface area contributed by atoms with Crippen LogP contribution >= 0.6 is 0 Å². The van der Waals surface area contributed by atoms with Gasteiger partial charge in [0.05, 0.1) is 22.6 Å². The number of halogens is 1. The Kier molecular flexibility index (Phi) is 6.22. The van der Waals surface area contributed by atoms with Gasteiger partial charge in [-0.25, -0.2) is 9.37 Å². The topological polar surface area (TPSA) is 61.7 Å². The van der Waals surface area contributed by atoms with Crippen LogP contribution in [0.4, 0.5) is 15.9 Å². The van der Waals surface area contributed by atoms with E-state index in [0.717, 1.165) is 30.4 Å². The molecule has 2 aliphatic heterocycles. The summed E-state index contributed by atoms with van der Waals surface area (Å²) < 4.78 is 15.9. The molecule has 8 heteroatoms. The Balaban J connectivity index is 1.30. The van der Waals surface area contributed by atoms with Crippen molar-refractivity contribution in [2.75, 3.05) is 49.1 Å². The zero-order valence-corrected chi connectivity index (χ0v) is 19.5. The zero-order valence-electron chi connectivity index (χ0n) is 19.5. The molecule has 34 heavy (non-hydrogen) atoms. The molecule has 0 saturated carbocycles. The largest absolute Gasteiger partial charge is 0.366 e. The fourth-order valence-corrected chi connectivity index (χ4v) is 5.20. The van der Waals surface area contributed by atoms with Crippen molar-refractivity contribution >= 4 is 28.4 Å². The fourth-order valence-electron chi connectivity index (χ4n) is 5.20. The SMILES string of the molecule is CCn1c(=O)c(N2CCC[C@@H](C(=O)N3CCN(c4ccccc4F)CC3)C2)nc2ccccc21. The van der Waals surface area contributed by atoms with E-state index in [1.165, 1.54) is 6.07 Å². The van der Waals surface area contributed by atoms with Gasteiger partial charge in [0.1, 0.15) is 5.82 Å². The molecule has 2 aliphatic rings. The first-order valence-corrected chi connectivity index (χ1v) is 12.1. The highest BCUT2D eigenvalue weighted by Gasteiger charge is 2.33. The van der Waals surface area contributed by atoms with Crippen LogP contribution in [-0.2, 0) is 11.3 Å². The van der Waals surface area contributed by atoms with Crippen molar-refractivity contribution in [1.29, 1.82) is 0 Å². The van der Waals surface area contributed by atoms with E-state index in [0.29, 0.717) is 50.8 Å². The number of carbonyl (C=O) groups excluding carboxylic acids is 1. The van der Waals surface area contributed by atoms with Crippen LogP contribution in [0.25, 0.3) is 11.0 Å². The number of rotatable bonds is 4. The molecule has 2 saturated heterocycles. The van der Waals surface area contributed by atoms with Gasteiger partial charge in [-0.15, -0.1) is 0 Å². The van der Waals surface area contributed by atoms with Crippen molar-refractivity contribution in [3.8, 4) is 0 Å². The van der Waals surface area contributed by atoms with Crippen LogP contribution in [0.5, 0.6) is 0 Å². The van der Waals surface area contributed by atoms with Gasteiger partial charge in [0, 0.05) is 45.8 Å². The summed E-state index contributed by atoms with van der Waals surface area (Å²) in [4.78, 5) is 37.2. The molecule has 0 spiro atoms. The fraction of sp³-hybridized carbons (Fsp3) is 0.423. The van der Waals surface area contributed by atoms with Gasteiger partial charge in [-0.2, -0.15) is 0 Å². The number of anilines is 2. The van der Waals surface area contributed by atoms with Crippen LogP contribution in [-0.4, -0.2) is 59.6 Å². The molecule has 178 valence electrons. The van der Waals surface area contributed by atoms with E-state index in [4.69, 9.17) is 4.98 Å². The van der Waals surface area contributed by atoms with Gasteiger partial charge in [0.15, 0.2) is 5.82 Å². The number of amides is 1. The summed E-state index contributed by atoms with van der Waals surface area (Å²) in [6, 6.07) is 14.5. The molecule has 2 fully saturated rings. The summed E-state index contributed by atoms with van der Waals surface area (Å²) in [7, 11) is 0. The Bertz CT molecular complexity index is 1250. The standard InChI is InChI=1S/C26H30FN5O2/c1-2-32-23-12-6-4-10-21(23)28-24(26(32)34)31-13-7-8-19(18-31)25(33)30-16-14-29(15-17-30)22-11-5-3-9-20(22)27/h3-6,9-12,19H,2,7-8,13-18H2,1H3/t19-/m1/s1. The first-order chi connectivity index (χ1) is 16.6. The predicted molar refractivity (Wildman–Crippen MR) is 132 cm³/mol. The number of carbonyl (C=O) groups is 1. The van der Waals surface area contributed by atoms with E-state index < -0.39 is 0 Å². The molecule has 0 N–H and O–H groups in total. The number of para-hydroxylation sites is 3. The number of piperazine rings is 1. The van der Waals surface area contributed by atoms with Crippen molar-refractivity contribution in [3.63, 3.8) is 0 Å². The highest BCUT2D eigenvalue weighted by molar-refractivity contribution is 5.80. The molecule has 3 aromatic rings. The van der Waals surface area contributed by atoms with Crippen LogP contribution in [0.1, 0.15) is 19.8 Å². The highest BCUT2D eigenvalue weighted by Crippen LogP contribution is 2.25. The predicted octanol–water partition coefficient (Wildman–Crippen LogP) is 3.12. The second-order valence-electron chi connectivity index (χ2n) is 9.02. The Morgan fingerprint density at radius 3 is 2.50 bits per heavy atom. The average Bonchev–Trinajstić information content (AvgIpc) is 2.88. The van der Waals surface area contributed by atoms with E-state index in [2.05, 4.69) is 0 Å². The molecule has 1 aromatic heterocycles. The molecule has 0 bridgehead atoms. The second kappa shape index (κ2) is 9.44. The van der Waals surface area contributed by atoms with Crippen LogP contribution in [0.2, 0.25) is 0 Å². The lowest BCUT2D eigenvalue weighted by atomic mass is 9.96. The summed E-state index contributed by atoms with van der Waals surface area (Å²) >= 11 is 0. The first-order valence-electron chi connectivity index (χ1n) is 12.1. The maximum Gasteiger partial charge on any atom is 0.293 e. The van der Waals surface area contributed by atoms with Gasteiger partial charge in [-0.05, 0) is 44.0 Å². The van der Waals surface area contributed by atoms with E-state index in [9.17, 15) is 14.0 Å². The normalized spacial score (nSPS) is 19.0. The molecule has 0 radical (unpaired) electrons. The zero-order chi connectivity index (χ0) is 23.7. The minimum Gasteiger partial charge on any atom is -0.366 e. The molecule has 1 amide bonds. The Morgan fingerprint density at radius 2 is 1.74 bits per heavy atom. The summed E-state index contributed by atoms with van der Waals surface area (Å²) in [5, 5.41) is 0. The lowest BCUT2D eigenvalue weighted by Crippen LogP contribution is -2.53. The third kappa shape index (κ3) is 4.13. The maximum atomic E-state index is 14.1. The average molecular weight is 464 g/mol. The first kappa shape index (κ1) is 22.4. The van der Waals surface area contributed by atoms with Gasteiger partial charge in [0.25, 0.3) is 5.56 Å². The lowest BCUT2D eigenvalue weighted by Gasteiger charge is -2.40. The Hall–Kier alpha value is -3.42. The van der Waals surface area contributed by atoms with Crippen molar-refractivity contribution in [2.24, 2.45) is 5.92 Å². The van der Waals surface area contributed by atoms with E-state index in [-0.39, 0.29) is 23.2 Å². The molecule has 0 aliphatic carbocycles. The van der Waals surface area contributed by atoms with Gasteiger partial charge in [-0.3, -0.25) is 9.59 Å². The minimum atomic E-state index is -0.231. The van der Waals surface area contributed by atoms with E-state index >= 15 is 0 Å². The van der Waals surface area contributed by atoms with Crippen molar-refractivity contribution < 1.29 is 9.18 Å². The monoisotopic (exact) mass is 463 g/mol. The van der Waals surface area contributed by atoms with Crippen molar-refractivity contribution in [2.45, 2.75) is 26.3 Å². The number of benzene rings is 2. The Labute approximate surface area is 198 Å². The van der Waals surface area contributed by atoms with Gasteiger partial charge in [-0.1, -0.05) is 24.3 Å². The molecule has 0 unspecified atom stereocenters. The summed E-state index contributed by atoms with van der Waals surface area (Å²) in [6.45, 7) is 6.10. The number of nitrogens with zero attached hydrogens (tertiary/aromatic N) is 5. The second-order valence-corrected chi connectivity index (χ2v) is 9.02. The maximum absolute atomic E-state index is 14.1. The summed E-state index contributed by atoms with van der Waals surface area (Å²) in [6.07, 6.45) is 1.64. The summed E-state index contributed by atoms with van der Waals surface area (Å²) in [5.41, 5.74) is 2.11. The number of aromatic nitrogens is 2. The number of fused-ring (bicyclic) bond motifs is 1. The smallest absolute Gasteiger partial charge is 0.293 e. The molecule has 3 heterocycles. The highest BCUT2D eigenvalue weighted by atomic mass is 19.1. The van der Waals surface area contributed by atoms with Gasteiger partial charge >= 0.3 is 0 Å². The van der Waals surface area contributed by atoms with Crippen molar-refractivity contribution in [3.05, 3.63) is 64.7 Å². The number of hydrogen-bond donors (Lipinski definition) is 0. The molecule has 1 atom stereocenters. The molecule has 5 rings (SSSR count). The van der Waals surface area contributed by atoms with Gasteiger partial charge in [0.2, 0.25) is 5.91 Å².